The summed E-state index contributed by atoms with van der Waals surface area (Å²) in [5.41, 5.74) is 0.0478. The number of hydrogen-bond donors (Lipinski definition) is 1. The van der Waals surface area contributed by atoms with Crippen LogP contribution in [0.5, 0.6) is 17.2 Å². The highest BCUT2D eigenvalue weighted by Gasteiger charge is 2.42. The van der Waals surface area contributed by atoms with E-state index in [0.29, 0.717) is 49.5 Å². The van der Waals surface area contributed by atoms with Crippen LogP contribution in [0.2, 0.25) is 0 Å². The van der Waals surface area contributed by atoms with Gasteiger partial charge in [0.15, 0.2) is 0 Å². The Hall–Kier alpha value is -3.44. The van der Waals surface area contributed by atoms with Gasteiger partial charge in [0.1, 0.15) is 22.8 Å². The van der Waals surface area contributed by atoms with E-state index in [1.54, 1.807) is 0 Å². The first-order valence-electron chi connectivity index (χ1n) is 13.8. The maximum atomic E-state index is 12.7. The molecule has 5 rings (SSSR count). The number of alkyl halides is 6. The second-order valence-electron chi connectivity index (χ2n) is 10.9. The third kappa shape index (κ3) is 7.89. The number of nitrogens with zero attached hydrogens (tertiary/aromatic N) is 1. The quantitative estimate of drug-likeness (QED) is 0.247. The zero-order valence-electron chi connectivity index (χ0n) is 22.6. The van der Waals surface area contributed by atoms with Crippen molar-refractivity contribution in [2.75, 3.05) is 19.7 Å². The van der Waals surface area contributed by atoms with Crippen LogP contribution in [-0.2, 0) is 12.1 Å². The third-order valence-electron chi connectivity index (χ3n) is 7.75. The van der Waals surface area contributed by atoms with E-state index in [1.807, 2.05) is 24.3 Å². The predicted octanol–water partition coefficient (Wildman–Crippen LogP) is 7.42. The average molecular weight is 596 g/mol. The molecule has 1 N–H and O–H groups in total. The molecule has 0 aromatic heterocycles. The first-order chi connectivity index (χ1) is 19.9. The minimum Gasteiger partial charge on any atom is -0.493 e. The highest BCUT2D eigenvalue weighted by molar-refractivity contribution is 5.42. The lowest BCUT2D eigenvalue weighted by Gasteiger charge is -2.42. The molecular weight excluding hydrogens is 564 g/mol. The lowest BCUT2D eigenvalue weighted by molar-refractivity contribution is -0.275. The molecule has 3 aromatic rings. The molecule has 3 aromatic carbocycles. The van der Waals surface area contributed by atoms with Crippen LogP contribution in [0, 0.1) is 11.8 Å². The third-order valence-corrected chi connectivity index (χ3v) is 7.75. The number of benzene rings is 3. The number of halogens is 6. The molecule has 1 aliphatic carbocycles. The molecule has 0 amide bonds. The highest BCUT2D eigenvalue weighted by Crippen LogP contribution is 2.43. The second kappa shape index (κ2) is 12.0. The summed E-state index contributed by atoms with van der Waals surface area (Å²) in [5, 5.41) is 12.2. The van der Waals surface area contributed by atoms with E-state index in [2.05, 4.69) is 14.4 Å². The molecule has 1 heterocycles. The molecule has 5 nitrogen and oxygen atoms in total. The van der Waals surface area contributed by atoms with Crippen molar-refractivity contribution in [3.8, 4) is 17.2 Å². The van der Waals surface area contributed by atoms with Crippen molar-refractivity contribution >= 4 is 0 Å². The number of rotatable bonds is 10. The van der Waals surface area contributed by atoms with Crippen LogP contribution in [-0.4, -0.2) is 42.4 Å². The molecule has 226 valence electrons. The van der Waals surface area contributed by atoms with Crippen molar-refractivity contribution < 1.29 is 45.7 Å². The van der Waals surface area contributed by atoms with Gasteiger partial charge in [0.05, 0.1) is 6.61 Å². The first-order valence-corrected chi connectivity index (χ1v) is 13.8. The van der Waals surface area contributed by atoms with E-state index in [0.717, 1.165) is 42.2 Å². The average Bonchev–Trinajstić information content (AvgIpc) is 3.76. The van der Waals surface area contributed by atoms with Gasteiger partial charge in [-0.25, -0.2) is 0 Å². The van der Waals surface area contributed by atoms with Crippen LogP contribution >= 0.6 is 0 Å². The Labute approximate surface area is 239 Å². The van der Waals surface area contributed by atoms with Crippen molar-refractivity contribution in [3.63, 3.8) is 0 Å². The molecule has 42 heavy (non-hydrogen) atoms. The van der Waals surface area contributed by atoms with Gasteiger partial charge in [-0.05, 0) is 104 Å². The van der Waals surface area contributed by atoms with Gasteiger partial charge in [-0.2, -0.15) is 0 Å². The van der Waals surface area contributed by atoms with Crippen LogP contribution in [0.1, 0.15) is 42.4 Å². The molecule has 2 aliphatic rings. The summed E-state index contributed by atoms with van der Waals surface area (Å²) in [6.07, 6.45) is -6.22. The summed E-state index contributed by atoms with van der Waals surface area (Å²) >= 11 is 0. The van der Waals surface area contributed by atoms with Crippen molar-refractivity contribution in [1.82, 2.24) is 4.90 Å². The summed E-state index contributed by atoms with van der Waals surface area (Å²) in [6, 6.07) is 17.8. The van der Waals surface area contributed by atoms with Gasteiger partial charge in [-0.15, -0.1) is 26.3 Å². The Morgan fingerprint density at radius 1 is 0.643 bits per heavy atom. The Kier molecular flexibility index (Phi) is 8.61. The van der Waals surface area contributed by atoms with Crippen molar-refractivity contribution in [2.24, 2.45) is 11.8 Å². The Bertz CT molecular complexity index is 1240. The molecule has 0 radical (unpaired) electrons. The van der Waals surface area contributed by atoms with E-state index in [4.69, 9.17) is 4.74 Å². The molecule has 0 atom stereocenters. The normalized spacial score (nSPS) is 17.2. The minimum absolute atomic E-state index is 0.307. The molecule has 2 fully saturated rings. The van der Waals surface area contributed by atoms with E-state index in [9.17, 15) is 31.4 Å². The Morgan fingerprint density at radius 3 is 1.52 bits per heavy atom. The van der Waals surface area contributed by atoms with Gasteiger partial charge in [0.2, 0.25) is 0 Å². The molecule has 0 bridgehead atoms. The van der Waals surface area contributed by atoms with Crippen LogP contribution in [0.15, 0.2) is 72.8 Å². The molecule has 0 spiro atoms. The number of ether oxygens (including phenoxy) is 3. The van der Waals surface area contributed by atoms with Gasteiger partial charge < -0.3 is 19.3 Å². The predicted molar refractivity (Wildman–Crippen MR) is 142 cm³/mol. The molecule has 1 aliphatic heterocycles. The SMILES string of the molecule is OC(c1ccc(OC(F)(F)F)cc1)(c1ccc(OC(F)(F)F)cc1)C1CCN(Cc2ccc(OCC3CC3)cc2)CC1. The van der Waals surface area contributed by atoms with E-state index in [1.165, 1.54) is 37.1 Å². The second-order valence-corrected chi connectivity index (χ2v) is 10.9. The first kappa shape index (κ1) is 30.0. The maximum Gasteiger partial charge on any atom is 0.573 e. The van der Waals surface area contributed by atoms with Gasteiger partial charge in [-0.3, -0.25) is 4.90 Å². The number of hydrogen-bond acceptors (Lipinski definition) is 5. The zero-order chi connectivity index (χ0) is 30.0. The number of aliphatic hydroxyl groups is 1. The van der Waals surface area contributed by atoms with Gasteiger partial charge in [-0.1, -0.05) is 36.4 Å². The van der Waals surface area contributed by atoms with Crippen LogP contribution in [0.25, 0.3) is 0 Å². The molecule has 1 saturated heterocycles. The summed E-state index contributed by atoms with van der Waals surface area (Å²) < 4.78 is 89.9. The molecule has 1 saturated carbocycles. The maximum absolute atomic E-state index is 12.7. The smallest absolute Gasteiger partial charge is 0.493 e. The number of piperidine rings is 1. The monoisotopic (exact) mass is 595 g/mol. The molecule has 0 unspecified atom stereocenters. The van der Waals surface area contributed by atoms with E-state index in [-0.39, 0.29) is 5.92 Å². The van der Waals surface area contributed by atoms with Crippen molar-refractivity contribution in [2.45, 2.75) is 50.6 Å². The summed E-state index contributed by atoms with van der Waals surface area (Å²) in [6.45, 7) is 2.71. The zero-order valence-corrected chi connectivity index (χ0v) is 22.6. The van der Waals surface area contributed by atoms with Gasteiger partial charge in [0, 0.05) is 6.54 Å². The van der Waals surface area contributed by atoms with Crippen LogP contribution in [0.4, 0.5) is 26.3 Å². The van der Waals surface area contributed by atoms with Crippen molar-refractivity contribution in [3.05, 3.63) is 89.5 Å². The van der Waals surface area contributed by atoms with Gasteiger partial charge >= 0.3 is 12.7 Å². The van der Waals surface area contributed by atoms with Crippen LogP contribution in [0.3, 0.4) is 0 Å². The fourth-order valence-corrected chi connectivity index (χ4v) is 5.42. The topological polar surface area (TPSA) is 51.2 Å². The fourth-order valence-electron chi connectivity index (χ4n) is 5.42. The van der Waals surface area contributed by atoms with Gasteiger partial charge in [0.25, 0.3) is 0 Å². The lowest BCUT2D eigenvalue weighted by Crippen LogP contribution is -2.44. The molecule has 11 heteroatoms. The lowest BCUT2D eigenvalue weighted by atomic mass is 9.72. The Balaban J connectivity index is 1.30. The van der Waals surface area contributed by atoms with Crippen molar-refractivity contribution in [1.29, 1.82) is 0 Å². The Morgan fingerprint density at radius 2 is 1.10 bits per heavy atom. The fraction of sp³-hybridized carbons (Fsp3) is 0.419. The highest BCUT2D eigenvalue weighted by atomic mass is 19.4. The van der Waals surface area contributed by atoms with Crippen LogP contribution < -0.4 is 14.2 Å². The summed E-state index contributed by atoms with van der Waals surface area (Å²) in [7, 11) is 0. The number of likely N-dealkylation sites (tertiary alicyclic amines) is 1. The summed E-state index contributed by atoms with van der Waals surface area (Å²) in [4.78, 5) is 2.25. The minimum atomic E-state index is -4.87. The standard InChI is InChI=1S/C31H31F6NO4/c32-30(33,34)41-27-11-5-23(6-12-27)29(39,24-7-13-28(14-8-24)42-31(35,36)37)25-15-17-38(18-16-25)19-21-3-9-26(10-4-21)40-20-22-1-2-22/h3-14,22,25,39H,1-2,15-20H2. The molecular formula is C31H31F6NO4. The van der Waals surface area contributed by atoms with E-state index < -0.39 is 29.8 Å². The summed E-state index contributed by atoms with van der Waals surface area (Å²) in [5.74, 6) is 0.257. The largest absolute Gasteiger partial charge is 0.573 e. The van der Waals surface area contributed by atoms with E-state index >= 15 is 0 Å².